The molecular weight excluding hydrogens is 332 g/mol. The van der Waals surface area contributed by atoms with Gasteiger partial charge in [0.25, 0.3) is 5.91 Å². The molecule has 0 aliphatic carbocycles. The summed E-state index contributed by atoms with van der Waals surface area (Å²) in [4.78, 5) is 12.0. The van der Waals surface area contributed by atoms with Crippen molar-refractivity contribution < 1.29 is 27.5 Å². The molecular formula is C14H14F4N4O2. The van der Waals surface area contributed by atoms with Crippen LogP contribution in [0.2, 0.25) is 0 Å². The van der Waals surface area contributed by atoms with Crippen LogP contribution in [-0.2, 0) is 6.18 Å². The zero-order chi connectivity index (χ0) is 17.9. The van der Waals surface area contributed by atoms with E-state index < -0.39 is 29.3 Å². The molecule has 0 bridgehead atoms. The molecule has 6 nitrogen and oxygen atoms in total. The van der Waals surface area contributed by atoms with Gasteiger partial charge in [0.2, 0.25) is 0 Å². The van der Waals surface area contributed by atoms with E-state index >= 15 is 0 Å². The van der Waals surface area contributed by atoms with E-state index in [4.69, 9.17) is 5.11 Å². The van der Waals surface area contributed by atoms with Crippen LogP contribution in [0.15, 0.2) is 24.3 Å². The van der Waals surface area contributed by atoms with Crippen LogP contribution in [0.1, 0.15) is 23.1 Å². The first kappa shape index (κ1) is 17.9. The Hall–Kier alpha value is -2.49. The molecule has 1 aromatic heterocycles. The second kappa shape index (κ2) is 6.95. The van der Waals surface area contributed by atoms with Crippen molar-refractivity contribution in [2.24, 2.45) is 5.92 Å². The minimum atomic E-state index is -4.93. The lowest BCUT2D eigenvalue weighted by Gasteiger charge is -2.12. The number of aliphatic hydroxyl groups excluding tert-OH is 1. The van der Waals surface area contributed by atoms with E-state index in [0.29, 0.717) is 4.68 Å². The number of rotatable bonds is 5. The van der Waals surface area contributed by atoms with E-state index in [-0.39, 0.29) is 24.8 Å². The maximum absolute atomic E-state index is 13.3. The van der Waals surface area contributed by atoms with Crippen LogP contribution < -0.4 is 5.32 Å². The summed E-state index contributed by atoms with van der Waals surface area (Å²) in [7, 11) is 0. The van der Waals surface area contributed by atoms with Crippen molar-refractivity contribution in [3.63, 3.8) is 0 Å². The maximum atomic E-state index is 13.3. The van der Waals surface area contributed by atoms with Crippen LogP contribution in [0.25, 0.3) is 5.69 Å². The van der Waals surface area contributed by atoms with Crippen molar-refractivity contribution in [2.75, 3.05) is 13.2 Å². The monoisotopic (exact) mass is 346 g/mol. The predicted molar refractivity (Wildman–Crippen MR) is 74.9 cm³/mol. The zero-order valence-corrected chi connectivity index (χ0v) is 12.5. The first-order valence-corrected chi connectivity index (χ1v) is 6.92. The molecule has 0 radical (unpaired) electrons. The second-order valence-corrected chi connectivity index (χ2v) is 5.17. The van der Waals surface area contributed by atoms with Gasteiger partial charge in [-0.2, -0.15) is 13.2 Å². The maximum Gasteiger partial charge on any atom is 0.435 e. The van der Waals surface area contributed by atoms with Gasteiger partial charge < -0.3 is 10.4 Å². The van der Waals surface area contributed by atoms with Gasteiger partial charge in [0, 0.05) is 13.2 Å². The SMILES string of the molecule is CC(CO)CNC(=O)c1nnn(-c2cccc(F)c2)c1C(F)(F)F. The number of carbonyl (C=O) groups excluding carboxylic acids is 1. The number of nitrogens with one attached hydrogen (secondary N) is 1. The zero-order valence-electron chi connectivity index (χ0n) is 12.5. The summed E-state index contributed by atoms with van der Waals surface area (Å²) < 4.78 is 53.6. The summed E-state index contributed by atoms with van der Waals surface area (Å²) >= 11 is 0. The molecule has 2 aromatic rings. The summed E-state index contributed by atoms with van der Waals surface area (Å²) in [5, 5.41) is 17.8. The molecule has 0 spiro atoms. The molecule has 2 N–H and O–H groups in total. The number of amides is 1. The molecule has 0 aliphatic rings. The Bertz CT molecular complexity index is 730. The Morgan fingerprint density at radius 2 is 2.12 bits per heavy atom. The minimum absolute atomic E-state index is 0.0283. The number of hydrogen-bond donors (Lipinski definition) is 2. The molecule has 1 amide bonds. The number of nitrogens with zero attached hydrogens (tertiary/aromatic N) is 3. The third-order valence-corrected chi connectivity index (χ3v) is 3.13. The van der Waals surface area contributed by atoms with Gasteiger partial charge in [0.15, 0.2) is 11.4 Å². The van der Waals surface area contributed by atoms with Crippen LogP contribution >= 0.6 is 0 Å². The average molecular weight is 346 g/mol. The highest BCUT2D eigenvalue weighted by Crippen LogP contribution is 2.32. The molecule has 1 heterocycles. The highest BCUT2D eigenvalue weighted by molar-refractivity contribution is 5.93. The van der Waals surface area contributed by atoms with Gasteiger partial charge in [-0.3, -0.25) is 4.79 Å². The summed E-state index contributed by atoms with van der Waals surface area (Å²) in [6, 6.07) is 4.34. The van der Waals surface area contributed by atoms with E-state index in [0.717, 1.165) is 12.1 Å². The smallest absolute Gasteiger partial charge is 0.396 e. The fourth-order valence-corrected chi connectivity index (χ4v) is 1.89. The lowest BCUT2D eigenvalue weighted by molar-refractivity contribution is -0.143. The first-order chi connectivity index (χ1) is 11.2. The number of carbonyl (C=O) groups is 1. The molecule has 0 saturated heterocycles. The normalized spacial score (nSPS) is 12.9. The molecule has 1 aromatic carbocycles. The number of benzene rings is 1. The quantitative estimate of drug-likeness (QED) is 0.809. The minimum Gasteiger partial charge on any atom is -0.396 e. The van der Waals surface area contributed by atoms with E-state index in [1.54, 1.807) is 6.92 Å². The summed E-state index contributed by atoms with van der Waals surface area (Å²) in [6.45, 7) is 1.34. The average Bonchev–Trinajstić information content (AvgIpc) is 2.97. The largest absolute Gasteiger partial charge is 0.435 e. The van der Waals surface area contributed by atoms with Gasteiger partial charge in [0.1, 0.15) is 5.82 Å². The summed E-state index contributed by atoms with van der Waals surface area (Å²) in [5.41, 5.74) is -2.53. The van der Waals surface area contributed by atoms with Crippen LogP contribution in [0.5, 0.6) is 0 Å². The molecule has 1 atom stereocenters. The predicted octanol–water partition coefficient (Wildman–Crippen LogP) is 1.78. The van der Waals surface area contributed by atoms with Crippen molar-refractivity contribution in [2.45, 2.75) is 13.1 Å². The van der Waals surface area contributed by atoms with Crippen LogP contribution in [0.4, 0.5) is 17.6 Å². The molecule has 1 unspecified atom stereocenters. The number of hydrogen-bond acceptors (Lipinski definition) is 4. The molecule has 0 fully saturated rings. The fourth-order valence-electron chi connectivity index (χ4n) is 1.89. The molecule has 24 heavy (non-hydrogen) atoms. The third-order valence-electron chi connectivity index (χ3n) is 3.13. The van der Waals surface area contributed by atoms with E-state index in [1.807, 2.05) is 0 Å². The topological polar surface area (TPSA) is 80.0 Å². The van der Waals surface area contributed by atoms with Crippen molar-refractivity contribution in [1.82, 2.24) is 20.3 Å². The highest BCUT2D eigenvalue weighted by Gasteiger charge is 2.42. The summed E-state index contributed by atoms with van der Waals surface area (Å²) in [6.07, 6.45) is -4.93. The Labute approximate surface area is 134 Å². The fraction of sp³-hybridized carbons (Fsp3) is 0.357. The standard InChI is InChI=1S/C14H14F4N4O2/c1-8(7-23)6-19-13(24)11-12(14(16,17)18)22(21-20-11)10-4-2-3-9(15)5-10/h2-5,8,23H,6-7H2,1H3,(H,19,24). The van der Waals surface area contributed by atoms with Gasteiger partial charge in [-0.1, -0.05) is 18.2 Å². The molecule has 2 rings (SSSR count). The lowest BCUT2D eigenvalue weighted by Crippen LogP contribution is -2.31. The Balaban J connectivity index is 2.42. The Kier molecular flexibility index (Phi) is 5.17. The van der Waals surface area contributed by atoms with Gasteiger partial charge in [-0.05, 0) is 24.1 Å². The second-order valence-electron chi connectivity index (χ2n) is 5.17. The highest BCUT2D eigenvalue weighted by atomic mass is 19.4. The molecule has 10 heteroatoms. The van der Waals surface area contributed by atoms with Crippen molar-refractivity contribution in [1.29, 1.82) is 0 Å². The molecule has 130 valence electrons. The van der Waals surface area contributed by atoms with Gasteiger partial charge in [0.05, 0.1) is 5.69 Å². The lowest BCUT2D eigenvalue weighted by atomic mass is 10.2. The van der Waals surface area contributed by atoms with E-state index in [2.05, 4.69) is 15.6 Å². The van der Waals surface area contributed by atoms with Crippen LogP contribution in [0.3, 0.4) is 0 Å². The Morgan fingerprint density at radius 3 is 2.71 bits per heavy atom. The van der Waals surface area contributed by atoms with Crippen LogP contribution in [-0.4, -0.2) is 39.2 Å². The number of aliphatic hydroxyl groups is 1. The van der Waals surface area contributed by atoms with Gasteiger partial charge in [-0.25, -0.2) is 9.07 Å². The van der Waals surface area contributed by atoms with Crippen LogP contribution in [0, 0.1) is 11.7 Å². The number of halogens is 4. The van der Waals surface area contributed by atoms with Crippen molar-refractivity contribution in [3.05, 3.63) is 41.5 Å². The first-order valence-electron chi connectivity index (χ1n) is 6.92. The molecule has 0 saturated carbocycles. The van der Waals surface area contributed by atoms with E-state index in [9.17, 15) is 22.4 Å². The molecule has 0 aliphatic heterocycles. The van der Waals surface area contributed by atoms with Crippen molar-refractivity contribution in [3.8, 4) is 5.69 Å². The third kappa shape index (κ3) is 3.88. The van der Waals surface area contributed by atoms with Crippen molar-refractivity contribution >= 4 is 5.91 Å². The number of aromatic nitrogens is 3. The Morgan fingerprint density at radius 1 is 1.42 bits per heavy atom. The van der Waals surface area contributed by atoms with Gasteiger partial charge >= 0.3 is 6.18 Å². The van der Waals surface area contributed by atoms with Gasteiger partial charge in [-0.15, -0.1) is 5.10 Å². The van der Waals surface area contributed by atoms with E-state index in [1.165, 1.54) is 12.1 Å². The number of alkyl halides is 3. The summed E-state index contributed by atoms with van der Waals surface area (Å²) in [5.74, 6) is -2.16.